The van der Waals surface area contributed by atoms with Gasteiger partial charge in [0.25, 0.3) is 0 Å². The standard InChI is InChI=1S/C12H17N5S/c1-10(13-6-7-18-2)11-4-3-5-12(8-11)17-9-14-15-16-17/h3-5,8-10,13H,6-7H2,1-2H3. The molecule has 0 aliphatic rings. The third-order valence-corrected chi connectivity index (χ3v) is 3.35. The smallest absolute Gasteiger partial charge is 0.143 e. The minimum atomic E-state index is 0.327. The van der Waals surface area contributed by atoms with Crippen molar-refractivity contribution in [3.05, 3.63) is 36.2 Å². The van der Waals surface area contributed by atoms with Gasteiger partial charge in [0, 0.05) is 18.3 Å². The van der Waals surface area contributed by atoms with Crippen molar-refractivity contribution in [2.24, 2.45) is 0 Å². The molecular formula is C12H17N5S. The summed E-state index contributed by atoms with van der Waals surface area (Å²) in [7, 11) is 0. The zero-order chi connectivity index (χ0) is 12.8. The second kappa shape index (κ2) is 6.51. The molecular weight excluding hydrogens is 246 g/mol. The molecule has 6 heteroatoms. The highest BCUT2D eigenvalue weighted by Gasteiger charge is 2.06. The first-order valence-electron chi connectivity index (χ1n) is 5.87. The summed E-state index contributed by atoms with van der Waals surface area (Å²) < 4.78 is 1.66. The molecule has 0 bridgehead atoms. The first-order valence-corrected chi connectivity index (χ1v) is 7.26. The minimum Gasteiger partial charge on any atom is -0.309 e. The molecule has 1 atom stereocenters. The average Bonchev–Trinajstić information content (AvgIpc) is 2.93. The van der Waals surface area contributed by atoms with Gasteiger partial charge in [-0.3, -0.25) is 0 Å². The summed E-state index contributed by atoms with van der Waals surface area (Å²) in [6, 6.07) is 8.57. The van der Waals surface area contributed by atoms with Crippen LogP contribution in [0.2, 0.25) is 0 Å². The molecule has 0 saturated carbocycles. The molecule has 1 aromatic carbocycles. The number of nitrogens with one attached hydrogen (secondary N) is 1. The minimum absolute atomic E-state index is 0.327. The Morgan fingerprint density at radius 1 is 1.44 bits per heavy atom. The number of nitrogens with zero attached hydrogens (tertiary/aromatic N) is 4. The van der Waals surface area contributed by atoms with Crippen LogP contribution in [0.3, 0.4) is 0 Å². The van der Waals surface area contributed by atoms with Crippen LogP contribution < -0.4 is 5.32 Å². The van der Waals surface area contributed by atoms with E-state index < -0.39 is 0 Å². The van der Waals surface area contributed by atoms with Crippen molar-refractivity contribution in [3.8, 4) is 5.69 Å². The van der Waals surface area contributed by atoms with E-state index in [2.05, 4.69) is 46.2 Å². The van der Waals surface area contributed by atoms with Crippen LogP contribution >= 0.6 is 11.8 Å². The molecule has 96 valence electrons. The summed E-state index contributed by atoms with van der Waals surface area (Å²) in [6.45, 7) is 3.18. The highest BCUT2D eigenvalue weighted by atomic mass is 32.2. The molecule has 0 saturated heterocycles. The molecule has 1 unspecified atom stereocenters. The van der Waals surface area contributed by atoms with Gasteiger partial charge in [-0.2, -0.15) is 11.8 Å². The number of aromatic nitrogens is 4. The quantitative estimate of drug-likeness (QED) is 0.804. The zero-order valence-electron chi connectivity index (χ0n) is 10.6. The monoisotopic (exact) mass is 263 g/mol. The first kappa shape index (κ1) is 13.0. The van der Waals surface area contributed by atoms with Crippen LogP contribution in [0.15, 0.2) is 30.6 Å². The molecule has 0 radical (unpaired) electrons. The Morgan fingerprint density at radius 3 is 3.06 bits per heavy atom. The van der Waals surface area contributed by atoms with E-state index in [1.165, 1.54) is 5.56 Å². The Balaban J connectivity index is 2.07. The van der Waals surface area contributed by atoms with E-state index in [4.69, 9.17) is 0 Å². The Morgan fingerprint density at radius 2 is 2.33 bits per heavy atom. The van der Waals surface area contributed by atoms with Gasteiger partial charge in [-0.1, -0.05) is 12.1 Å². The predicted molar refractivity (Wildman–Crippen MR) is 74.0 cm³/mol. The maximum absolute atomic E-state index is 3.89. The molecule has 0 aliphatic heterocycles. The van der Waals surface area contributed by atoms with Gasteiger partial charge in [-0.25, -0.2) is 4.68 Å². The van der Waals surface area contributed by atoms with E-state index in [-0.39, 0.29) is 0 Å². The van der Waals surface area contributed by atoms with E-state index in [1.54, 1.807) is 11.0 Å². The SMILES string of the molecule is CSCCNC(C)c1cccc(-n2cnnn2)c1. The lowest BCUT2D eigenvalue weighted by Gasteiger charge is -2.14. The normalized spacial score (nSPS) is 12.6. The summed E-state index contributed by atoms with van der Waals surface area (Å²) in [5.41, 5.74) is 2.22. The van der Waals surface area contributed by atoms with Crippen LogP contribution in [-0.2, 0) is 0 Å². The molecule has 0 amide bonds. The Labute approximate surface area is 111 Å². The second-order valence-corrected chi connectivity index (χ2v) is 5.00. The summed E-state index contributed by atoms with van der Waals surface area (Å²) in [5, 5.41) is 14.7. The van der Waals surface area contributed by atoms with Crippen LogP contribution in [0.5, 0.6) is 0 Å². The van der Waals surface area contributed by atoms with Crippen LogP contribution in [0.4, 0.5) is 0 Å². The maximum atomic E-state index is 3.89. The van der Waals surface area contributed by atoms with Gasteiger partial charge in [0.1, 0.15) is 6.33 Å². The Bertz CT molecular complexity index is 471. The lowest BCUT2D eigenvalue weighted by molar-refractivity contribution is 0.600. The van der Waals surface area contributed by atoms with Crippen molar-refractivity contribution < 1.29 is 0 Å². The number of rotatable bonds is 6. The largest absolute Gasteiger partial charge is 0.309 e. The molecule has 5 nitrogen and oxygen atoms in total. The van der Waals surface area contributed by atoms with Crippen LogP contribution in [0.25, 0.3) is 5.69 Å². The molecule has 0 spiro atoms. The highest BCUT2D eigenvalue weighted by Crippen LogP contribution is 2.15. The third-order valence-electron chi connectivity index (χ3n) is 2.74. The third kappa shape index (κ3) is 3.30. The van der Waals surface area contributed by atoms with Gasteiger partial charge >= 0.3 is 0 Å². The van der Waals surface area contributed by atoms with E-state index in [0.29, 0.717) is 6.04 Å². The predicted octanol–water partition coefficient (Wildman–Crippen LogP) is 1.68. The number of benzene rings is 1. The van der Waals surface area contributed by atoms with Gasteiger partial charge < -0.3 is 5.32 Å². The highest BCUT2D eigenvalue weighted by molar-refractivity contribution is 7.98. The van der Waals surface area contributed by atoms with Gasteiger partial charge in [-0.15, -0.1) is 5.10 Å². The number of hydrogen-bond acceptors (Lipinski definition) is 5. The fourth-order valence-electron chi connectivity index (χ4n) is 1.71. The van der Waals surface area contributed by atoms with Crippen molar-refractivity contribution in [3.63, 3.8) is 0 Å². The summed E-state index contributed by atoms with van der Waals surface area (Å²) in [5.74, 6) is 1.12. The van der Waals surface area contributed by atoms with Crippen molar-refractivity contribution in [2.45, 2.75) is 13.0 Å². The molecule has 0 aliphatic carbocycles. The van der Waals surface area contributed by atoms with Crippen molar-refractivity contribution in [2.75, 3.05) is 18.6 Å². The fourth-order valence-corrected chi connectivity index (χ4v) is 2.03. The summed E-state index contributed by atoms with van der Waals surface area (Å²) >= 11 is 1.85. The number of thioether (sulfide) groups is 1. The fraction of sp³-hybridized carbons (Fsp3) is 0.417. The summed E-state index contributed by atoms with van der Waals surface area (Å²) in [4.78, 5) is 0. The van der Waals surface area contributed by atoms with Crippen molar-refractivity contribution in [1.82, 2.24) is 25.5 Å². The Hall–Kier alpha value is -1.40. The molecule has 1 aromatic heterocycles. The summed E-state index contributed by atoms with van der Waals surface area (Å²) in [6.07, 6.45) is 3.72. The second-order valence-electron chi connectivity index (χ2n) is 4.02. The van der Waals surface area contributed by atoms with E-state index >= 15 is 0 Å². The molecule has 1 N–H and O–H groups in total. The van der Waals surface area contributed by atoms with Crippen LogP contribution in [0.1, 0.15) is 18.5 Å². The van der Waals surface area contributed by atoms with Crippen molar-refractivity contribution >= 4 is 11.8 Å². The van der Waals surface area contributed by atoms with Gasteiger partial charge in [0.15, 0.2) is 0 Å². The maximum Gasteiger partial charge on any atom is 0.143 e. The average molecular weight is 263 g/mol. The van der Waals surface area contributed by atoms with Crippen molar-refractivity contribution in [1.29, 1.82) is 0 Å². The molecule has 1 heterocycles. The molecule has 0 fully saturated rings. The zero-order valence-corrected chi connectivity index (χ0v) is 11.4. The molecule has 2 rings (SSSR count). The first-order chi connectivity index (χ1) is 8.81. The lowest BCUT2D eigenvalue weighted by Crippen LogP contribution is -2.21. The van der Waals surface area contributed by atoms with Crippen LogP contribution in [0, 0.1) is 0 Å². The number of hydrogen-bond donors (Lipinski definition) is 1. The lowest BCUT2D eigenvalue weighted by atomic mass is 10.1. The number of tetrazole rings is 1. The van der Waals surface area contributed by atoms with E-state index in [0.717, 1.165) is 18.0 Å². The Kier molecular flexibility index (Phi) is 4.72. The van der Waals surface area contributed by atoms with Gasteiger partial charge in [-0.05, 0) is 41.3 Å². The molecule has 2 aromatic rings. The van der Waals surface area contributed by atoms with E-state index in [1.807, 2.05) is 23.9 Å². The van der Waals surface area contributed by atoms with Gasteiger partial charge in [0.2, 0.25) is 0 Å². The van der Waals surface area contributed by atoms with E-state index in [9.17, 15) is 0 Å². The van der Waals surface area contributed by atoms with Crippen LogP contribution in [-0.4, -0.2) is 38.8 Å². The molecule has 18 heavy (non-hydrogen) atoms. The van der Waals surface area contributed by atoms with Gasteiger partial charge in [0.05, 0.1) is 5.69 Å². The topological polar surface area (TPSA) is 55.6 Å².